The fourth-order valence-electron chi connectivity index (χ4n) is 6.06. The van der Waals surface area contributed by atoms with Crippen molar-refractivity contribution in [3.05, 3.63) is 99.5 Å². The van der Waals surface area contributed by atoms with Gasteiger partial charge in [0.2, 0.25) is 11.8 Å². The van der Waals surface area contributed by atoms with Gasteiger partial charge in [0.25, 0.3) is 0 Å². The molecule has 0 saturated carbocycles. The molecule has 0 aromatic heterocycles. The largest absolute Gasteiger partial charge is 0.497 e. The van der Waals surface area contributed by atoms with Crippen LogP contribution in [0, 0.1) is 5.41 Å². The molecule has 2 heterocycles. The molecular weight excluding hydrogens is 593 g/mol. The lowest BCUT2D eigenvalue weighted by Gasteiger charge is -2.38. The van der Waals surface area contributed by atoms with Crippen molar-refractivity contribution in [3.63, 3.8) is 0 Å². The minimum atomic E-state index is -0.240. The maximum absolute atomic E-state index is 13.5. The van der Waals surface area contributed by atoms with E-state index in [2.05, 4.69) is 22.3 Å². The number of hydrogen-bond donors (Lipinski definition) is 1. The van der Waals surface area contributed by atoms with Gasteiger partial charge in [-0.3, -0.25) is 9.59 Å². The molecule has 2 amide bonds. The number of halogens is 3. The topological polar surface area (TPSA) is 61.9 Å². The molecule has 0 aliphatic carbocycles. The van der Waals surface area contributed by atoms with Crippen LogP contribution < -0.4 is 10.1 Å². The average Bonchev–Trinajstić information content (AvgIpc) is 3.28. The van der Waals surface area contributed by atoms with Crippen molar-refractivity contribution in [3.8, 4) is 5.75 Å². The number of carbonyl (C=O) groups excluding carboxylic acids is 2. The number of hydrogen-bond acceptors (Lipinski definition) is 4. The number of methoxy groups -OCH3 is 1. The predicted octanol–water partition coefficient (Wildman–Crippen LogP) is 6.73. The highest BCUT2D eigenvalue weighted by Gasteiger charge is 2.47. The molecule has 224 valence electrons. The van der Waals surface area contributed by atoms with Crippen LogP contribution in [0.15, 0.2) is 72.8 Å². The highest BCUT2D eigenvalue weighted by atomic mass is 35.5. The van der Waals surface area contributed by atoms with Crippen molar-refractivity contribution in [1.29, 1.82) is 0 Å². The van der Waals surface area contributed by atoms with Crippen molar-refractivity contribution in [1.82, 2.24) is 15.1 Å². The number of ether oxygens (including phenoxy) is 1. The second-order valence-electron chi connectivity index (χ2n) is 11.2. The van der Waals surface area contributed by atoms with E-state index in [1.807, 2.05) is 53.4 Å². The van der Waals surface area contributed by atoms with E-state index in [1.165, 1.54) is 0 Å². The van der Waals surface area contributed by atoms with Crippen molar-refractivity contribution in [2.45, 2.75) is 44.7 Å². The highest BCUT2D eigenvalue weighted by molar-refractivity contribution is 6.42. The molecule has 6 nitrogen and oxygen atoms in total. The first kappa shape index (κ1) is 32.2. The number of rotatable bonds is 10. The zero-order valence-electron chi connectivity index (χ0n) is 23.9. The maximum Gasteiger partial charge on any atom is 0.229 e. The second kappa shape index (κ2) is 14.6. The first-order chi connectivity index (χ1) is 19.8. The van der Waals surface area contributed by atoms with Crippen LogP contribution >= 0.6 is 35.6 Å². The van der Waals surface area contributed by atoms with Crippen molar-refractivity contribution < 1.29 is 14.3 Å². The Bertz CT molecular complexity index is 1350. The molecule has 2 saturated heterocycles. The minimum absolute atomic E-state index is 0. The average molecular weight is 631 g/mol. The molecule has 5 rings (SSSR count). The van der Waals surface area contributed by atoms with E-state index in [0.717, 1.165) is 74.3 Å². The van der Waals surface area contributed by atoms with Gasteiger partial charge in [-0.05, 0) is 79.7 Å². The zero-order valence-corrected chi connectivity index (χ0v) is 26.2. The summed E-state index contributed by atoms with van der Waals surface area (Å²) in [5, 5.41) is 4.16. The van der Waals surface area contributed by atoms with Gasteiger partial charge in [-0.25, -0.2) is 0 Å². The summed E-state index contributed by atoms with van der Waals surface area (Å²) in [5.41, 5.74) is 2.80. The van der Waals surface area contributed by atoms with Gasteiger partial charge in [0.15, 0.2) is 0 Å². The van der Waals surface area contributed by atoms with Gasteiger partial charge in [0.05, 0.1) is 35.0 Å². The highest BCUT2D eigenvalue weighted by Crippen LogP contribution is 2.42. The van der Waals surface area contributed by atoms with Gasteiger partial charge in [-0.15, -0.1) is 12.4 Å². The number of nitrogens with one attached hydrogen (secondary N) is 1. The third-order valence-corrected chi connectivity index (χ3v) is 9.31. The molecule has 2 fully saturated rings. The smallest absolute Gasteiger partial charge is 0.229 e. The van der Waals surface area contributed by atoms with Crippen LogP contribution in [-0.2, 0) is 22.6 Å². The molecule has 2 aliphatic heterocycles. The summed E-state index contributed by atoms with van der Waals surface area (Å²) in [6.07, 6.45) is 3.71. The van der Waals surface area contributed by atoms with E-state index in [0.29, 0.717) is 22.5 Å². The molecule has 1 unspecified atom stereocenters. The summed E-state index contributed by atoms with van der Waals surface area (Å²) < 4.78 is 5.26. The molecule has 42 heavy (non-hydrogen) atoms. The molecule has 1 N–H and O–H groups in total. The van der Waals surface area contributed by atoms with Crippen LogP contribution in [0.1, 0.15) is 48.4 Å². The van der Waals surface area contributed by atoms with Gasteiger partial charge in [-0.1, -0.05) is 71.7 Å². The lowest BCUT2D eigenvalue weighted by atomic mass is 9.77. The van der Waals surface area contributed by atoms with Crippen molar-refractivity contribution >= 4 is 47.4 Å². The van der Waals surface area contributed by atoms with Crippen LogP contribution in [0.25, 0.3) is 0 Å². The molecule has 1 spiro atoms. The molecule has 3 aromatic carbocycles. The van der Waals surface area contributed by atoms with Crippen molar-refractivity contribution in [2.75, 3.05) is 33.3 Å². The van der Waals surface area contributed by atoms with E-state index in [1.54, 1.807) is 19.2 Å². The van der Waals surface area contributed by atoms with E-state index >= 15 is 0 Å². The van der Waals surface area contributed by atoms with Crippen LogP contribution in [0.5, 0.6) is 5.75 Å². The molecular formula is C33H38Cl3N3O3. The Morgan fingerprint density at radius 3 is 2.26 bits per heavy atom. The molecule has 9 heteroatoms. The fraction of sp³-hybridized carbons (Fsp3) is 0.394. The number of carbonyl (C=O) groups is 2. The Balaban J connectivity index is 0.00000405. The monoisotopic (exact) mass is 629 g/mol. The Hall–Kier alpha value is -2.77. The molecule has 1 atom stereocenters. The predicted molar refractivity (Wildman–Crippen MR) is 170 cm³/mol. The van der Waals surface area contributed by atoms with Crippen LogP contribution in [-0.4, -0.2) is 54.9 Å². The van der Waals surface area contributed by atoms with E-state index in [-0.39, 0.29) is 36.2 Å². The van der Waals surface area contributed by atoms with Crippen LogP contribution in [0.2, 0.25) is 10.0 Å². The summed E-state index contributed by atoms with van der Waals surface area (Å²) in [4.78, 5) is 30.9. The van der Waals surface area contributed by atoms with E-state index < -0.39 is 0 Å². The molecule has 0 bridgehead atoms. The summed E-state index contributed by atoms with van der Waals surface area (Å²) in [7, 11) is 1.66. The molecule has 0 radical (unpaired) electrons. The van der Waals surface area contributed by atoms with E-state index in [4.69, 9.17) is 27.9 Å². The summed E-state index contributed by atoms with van der Waals surface area (Å²) in [6, 6.07) is 23.3. The zero-order chi connectivity index (χ0) is 28.8. The van der Waals surface area contributed by atoms with Gasteiger partial charge in [0.1, 0.15) is 5.75 Å². The van der Waals surface area contributed by atoms with Crippen LogP contribution in [0.4, 0.5) is 0 Å². The Morgan fingerprint density at radius 2 is 1.60 bits per heavy atom. The maximum atomic E-state index is 13.5. The SMILES string of the molecule is COc1ccc(CN2CCC3(CCN(CCC(NC(=O)Cc4ccc(Cl)c(Cl)c4)c4ccccc4)CC3)C2=O)cc1.Cl. The van der Waals surface area contributed by atoms with E-state index in [9.17, 15) is 9.59 Å². The molecule has 3 aromatic rings. The summed E-state index contributed by atoms with van der Waals surface area (Å²) in [5.74, 6) is 1.07. The molecule has 2 aliphatic rings. The van der Waals surface area contributed by atoms with Gasteiger partial charge in [0, 0.05) is 19.6 Å². The van der Waals surface area contributed by atoms with Crippen LogP contribution in [0.3, 0.4) is 0 Å². The fourth-order valence-corrected chi connectivity index (χ4v) is 6.38. The summed E-state index contributed by atoms with van der Waals surface area (Å²) >= 11 is 12.2. The Labute approximate surface area is 264 Å². The Kier molecular flexibility index (Phi) is 11.2. The summed E-state index contributed by atoms with van der Waals surface area (Å²) in [6.45, 7) is 4.09. The van der Waals surface area contributed by atoms with Gasteiger partial charge in [-0.2, -0.15) is 0 Å². The number of piperidine rings is 1. The van der Waals surface area contributed by atoms with Gasteiger partial charge < -0.3 is 19.9 Å². The third-order valence-electron chi connectivity index (χ3n) is 8.57. The minimum Gasteiger partial charge on any atom is -0.497 e. The second-order valence-corrected chi connectivity index (χ2v) is 12.0. The quantitative estimate of drug-likeness (QED) is 0.270. The normalized spacial score (nSPS) is 17.1. The first-order valence-corrected chi connectivity index (χ1v) is 15.0. The third kappa shape index (κ3) is 7.78. The Morgan fingerprint density at radius 1 is 0.929 bits per heavy atom. The number of nitrogens with zero attached hydrogens (tertiary/aromatic N) is 2. The number of likely N-dealkylation sites (tertiary alicyclic amines) is 2. The number of benzene rings is 3. The first-order valence-electron chi connectivity index (χ1n) is 14.3. The lowest BCUT2D eigenvalue weighted by Crippen LogP contribution is -2.45. The standard InChI is InChI=1S/C33H37Cl2N3O3.ClH/c1-41-27-10-7-24(8-11-27)23-38-20-16-33(32(38)40)14-18-37(19-15-33)17-13-30(26-5-3-2-4-6-26)36-31(39)22-25-9-12-28(34)29(35)21-25;/h2-12,21,30H,13-20,22-23H2,1H3,(H,36,39);1H. The lowest BCUT2D eigenvalue weighted by molar-refractivity contribution is -0.139. The number of amides is 2. The van der Waals surface area contributed by atoms with Crippen molar-refractivity contribution in [2.24, 2.45) is 5.41 Å². The van der Waals surface area contributed by atoms with Gasteiger partial charge >= 0.3 is 0 Å².